The largest absolute Gasteiger partial charge is 0.473 e. The molecular formula is C71H41F26N5O5. The van der Waals surface area contributed by atoms with Crippen LogP contribution in [-0.4, -0.2) is 33.7 Å². The van der Waals surface area contributed by atoms with Crippen LogP contribution in [0.4, 0.5) is 143 Å². The van der Waals surface area contributed by atoms with Gasteiger partial charge in [0.05, 0.1) is 71.8 Å². The predicted octanol–water partition coefficient (Wildman–Crippen LogP) is 19.4. The summed E-state index contributed by atoms with van der Waals surface area (Å²) in [5.41, 5.74) is -1.64. The zero-order chi connectivity index (χ0) is 77.4. The molecule has 0 N–H and O–H groups in total. The molecule has 0 fully saturated rings. The molecule has 0 spiro atoms. The second-order valence-corrected chi connectivity index (χ2v) is 23.1. The van der Waals surface area contributed by atoms with Crippen LogP contribution in [0.5, 0.6) is 28.7 Å². The first-order valence-electron chi connectivity index (χ1n) is 30.3. The van der Waals surface area contributed by atoms with Gasteiger partial charge in [0.1, 0.15) is 57.7 Å². The second kappa shape index (κ2) is 31.2. The van der Waals surface area contributed by atoms with Crippen molar-refractivity contribution in [3.05, 3.63) is 295 Å². The summed E-state index contributed by atoms with van der Waals surface area (Å²) in [7, 11) is 0. The Labute approximate surface area is 585 Å². The number of hydrogen-bond donors (Lipinski definition) is 0. The Morgan fingerprint density at radius 2 is 0.570 bits per heavy atom. The molecule has 10 aromatic carbocycles. The fraction of sp³-hybridized carbons (Fsp3) is 0.155. The number of nitrogens with zero attached hydrogens (tertiary/aromatic N) is 5. The molecule has 5 heterocycles. The molecule has 5 aliphatic rings. The van der Waals surface area contributed by atoms with Crippen molar-refractivity contribution in [1.82, 2.24) is 0 Å². The smallest absolute Gasteiger partial charge is 0.416 e. The average Bonchev–Trinajstić information content (AvgIpc) is 0.792. The van der Waals surface area contributed by atoms with Crippen LogP contribution in [0.3, 0.4) is 0 Å². The quantitative estimate of drug-likeness (QED) is 0.123. The van der Waals surface area contributed by atoms with E-state index in [0.717, 1.165) is 65.6 Å². The Balaban J connectivity index is 0.000000133. The number of hydrogen-bond acceptors (Lipinski definition) is 10. The molecule has 5 aliphatic heterocycles. The summed E-state index contributed by atoms with van der Waals surface area (Å²) in [6.07, 6.45) is -4.52. The van der Waals surface area contributed by atoms with Crippen LogP contribution in [0.1, 0.15) is 33.4 Å². The van der Waals surface area contributed by atoms with Crippen LogP contribution < -0.4 is 48.2 Å². The number of halogens is 26. The van der Waals surface area contributed by atoms with Gasteiger partial charge in [0.2, 0.25) is 0 Å². The van der Waals surface area contributed by atoms with E-state index in [9.17, 15) is 114 Å². The minimum absolute atomic E-state index is 0.0141. The van der Waals surface area contributed by atoms with Gasteiger partial charge in [-0.2, -0.15) is 13.2 Å². The maximum Gasteiger partial charge on any atom is 0.416 e. The van der Waals surface area contributed by atoms with Crippen molar-refractivity contribution in [3.8, 4) is 28.7 Å². The number of ether oxygens (including phenoxy) is 5. The van der Waals surface area contributed by atoms with Gasteiger partial charge in [0.15, 0.2) is 144 Å². The first-order valence-corrected chi connectivity index (χ1v) is 30.3. The summed E-state index contributed by atoms with van der Waals surface area (Å²) in [5, 5.41) is 0. The Kier molecular flexibility index (Phi) is 22.3. The van der Waals surface area contributed by atoms with E-state index in [4.69, 9.17) is 23.7 Å². The lowest BCUT2D eigenvalue weighted by molar-refractivity contribution is -0.137. The monoisotopic (exact) mass is 1540 g/mol. The van der Waals surface area contributed by atoms with Gasteiger partial charge in [0, 0.05) is 71.7 Å². The van der Waals surface area contributed by atoms with Gasteiger partial charge in [-0.1, -0.05) is 6.07 Å². The lowest BCUT2D eigenvalue weighted by Gasteiger charge is -2.31. The first kappa shape index (κ1) is 76.5. The topological polar surface area (TPSA) is 62.3 Å². The summed E-state index contributed by atoms with van der Waals surface area (Å²) in [5.74, 6) is -30.0. The summed E-state index contributed by atoms with van der Waals surface area (Å²) in [6, 6.07) is 20.5. The van der Waals surface area contributed by atoms with Crippen LogP contribution >= 0.6 is 0 Å². The third-order valence-electron chi connectivity index (χ3n) is 16.3. The highest BCUT2D eigenvalue weighted by atomic mass is 19.4. The molecule has 0 amide bonds. The van der Waals surface area contributed by atoms with Crippen LogP contribution in [0.2, 0.25) is 0 Å². The van der Waals surface area contributed by atoms with Crippen LogP contribution in [0.15, 0.2) is 127 Å². The van der Waals surface area contributed by atoms with Gasteiger partial charge in [-0.25, -0.2) is 101 Å². The molecule has 0 radical (unpaired) electrons. The normalized spacial score (nSPS) is 14.0. The molecule has 0 aliphatic carbocycles. The van der Waals surface area contributed by atoms with E-state index in [1.165, 1.54) is 57.2 Å². The highest BCUT2D eigenvalue weighted by Crippen LogP contribution is 2.41. The molecule has 562 valence electrons. The molecule has 15 rings (SSSR count). The van der Waals surface area contributed by atoms with Crippen molar-refractivity contribution < 1.29 is 138 Å². The Hall–Kier alpha value is -11.6. The number of rotatable bonds is 5. The summed E-state index contributed by atoms with van der Waals surface area (Å²) in [4.78, 5) is 6.40. The highest BCUT2D eigenvalue weighted by molar-refractivity contribution is 5.57. The molecule has 0 unspecified atom stereocenters. The maximum atomic E-state index is 13.8. The molecule has 10 nitrogen and oxygen atoms in total. The lowest BCUT2D eigenvalue weighted by atomic mass is 10.1. The van der Waals surface area contributed by atoms with E-state index >= 15 is 0 Å². The zero-order valence-electron chi connectivity index (χ0n) is 53.3. The minimum Gasteiger partial charge on any atom is -0.473 e. The molecule has 0 atom stereocenters. The molecule has 0 aromatic heterocycles. The minimum atomic E-state index is -4.52. The summed E-state index contributed by atoms with van der Waals surface area (Å²) >= 11 is 0. The van der Waals surface area contributed by atoms with Crippen molar-refractivity contribution in [2.45, 2.75) is 38.9 Å². The number of anilines is 5. The third-order valence-corrected chi connectivity index (χ3v) is 16.3. The summed E-state index contributed by atoms with van der Waals surface area (Å²) < 4.78 is 370. The van der Waals surface area contributed by atoms with Gasteiger partial charge in [-0.05, 0) is 66.7 Å². The molecule has 0 saturated carbocycles. The SMILES string of the molecule is Fc1cc(F)c(N2COc3cc(F)c(F)c(F)c3C2)c(F)c1.Fc1cc2c(c(F)c1F)CN(c1cccc(C(F)(F)F)c1)CO2.Fc1ccc(N2COc3cc(F)c(F)c(F)c3C2)c(F)c1.Fc1ccc(N2COc3cc(F)c(F)c(F)c3C2)cc1.Fc1ccc(N2COc3cc(F)c(F)c(F)c3C2)cc1F. The van der Waals surface area contributed by atoms with Gasteiger partial charge in [0.25, 0.3) is 0 Å². The molecular weight excluding hydrogens is 1500 g/mol. The van der Waals surface area contributed by atoms with E-state index in [2.05, 4.69) is 0 Å². The van der Waals surface area contributed by atoms with Crippen LogP contribution in [0.25, 0.3) is 0 Å². The standard InChI is InChI=1S/C15H9F6NO.C14H7F6NO.2C14H8F5NO.C14H9F4NO/c16-11-5-12-10(13(17)14(11)18)6-22(7-23-12)9-3-1-2-8(4-9)15(19,20)21;15-6-1-9(17)14(10(18)2-6)21-4-7-11(22-5-21)3-8(16)13(20)12(7)19;15-7-1-2-11(9(16)3-7)20-5-8-12(21-6-20)4-10(17)14(19)13(8)18;15-9-2-1-7(3-10(9)16)20-5-8-12(21-6-20)4-11(17)14(19)13(8)18;15-8-1-3-9(4-2-8)19-6-10-12(20-7-19)5-11(16)14(18)13(10)17/h1-5H,6-7H2;1-3H,4-5H2;2*1-4H,5-6H2;1-5H,6-7H2. The molecule has 0 saturated heterocycles. The van der Waals surface area contributed by atoms with Gasteiger partial charge >= 0.3 is 6.18 Å². The van der Waals surface area contributed by atoms with E-state index in [-0.39, 0.29) is 127 Å². The van der Waals surface area contributed by atoms with E-state index < -0.39 is 164 Å². The van der Waals surface area contributed by atoms with E-state index in [1.807, 2.05) is 0 Å². The van der Waals surface area contributed by atoms with Crippen molar-refractivity contribution in [2.75, 3.05) is 58.2 Å². The lowest BCUT2D eigenvalue weighted by Crippen LogP contribution is -2.34. The van der Waals surface area contributed by atoms with Crippen molar-refractivity contribution in [2.24, 2.45) is 0 Å². The second-order valence-electron chi connectivity index (χ2n) is 23.1. The highest BCUT2D eigenvalue weighted by Gasteiger charge is 2.35. The van der Waals surface area contributed by atoms with Crippen molar-refractivity contribution >= 4 is 28.4 Å². The van der Waals surface area contributed by atoms with E-state index in [1.54, 1.807) is 4.90 Å². The fourth-order valence-electron chi connectivity index (χ4n) is 10.9. The maximum absolute atomic E-state index is 13.8. The number of alkyl halides is 3. The fourth-order valence-corrected chi connectivity index (χ4v) is 10.9. The first-order chi connectivity index (χ1) is 50.6. The average molecular weight is 1540 g/mol. The van der Waals surface area contributed by atoms with E-state index in [0.29, 0.717) is 30.0 Å². The van der Waals surface area contributed by atoms with Crippen LogP contribution in [-0.2, 0) is 38.9 Å². The van der Waals surface area contributed by atoms with Crippen molar-refractivity contribution in [1.29, 1.82) is 0 Å². The predicted molar refractivity (Wildman–Crippen MR) is 327 cm³/mol. The number of fused-ring (bicyclic) bond motifs is 5. The summed E-state index contributed by atoms with van der Waals surface area (Å²) in [6.45, 7) is -1.96. The Morgan fingerprint density at radius 1 is 0.243 bits per heavy atom. The van der Waals surface area contributed by atoms with Gasteiger partial charge in [-0.15, -0.1) is 0 Å². The third kappa shape index (κ3) is 16.4. The van der Waals surface area contributed by atoms with Crippen LogP contribution in [0, 0.1) is 134 Å². The zero-order valence-corrected chi connectivity index (χ0v) is 53.3. The number of benzene rings is 10. The van der Waals surface area contributed by atoms with Gasteiger partial charge < -0.3 is 48.2 Å². The Morgan fingerprint density at radius 3 is 0.953 bits per heavy atom. The van der Waals surface area contributed by atoms with Crippen molar-refractivity contribution in [3.63, 3.8) is 0 Å². The van der Waals surface area contributed by atoms with Gasteiger partial charge in [-0.3, -0.25) is 0 Å². The molecule has 0 bridgehead atoms. The molecule has 107 heavy (non-hydrogen) atoms. The molecule has 36 heteroatoms. The Bertz CT molecular complexity index is 5040. The molecule has 10 aromatic rings.